The molecule has 2 N–H and O–H groups in total. The van der Waals surface area contributed by atoms with Crippen molar-refractivity contribution in [2.75, 3.05) is 0 Å². The van der Waals surface area contributed by atoms with Crippen LogP contribution >= 0.6 is 11.8 Å². The largest absolute Gasteiger partial charge is 0.369 e. The summed E-state index contributed by atoms with van der Waals surface area (Å²) in [5.41, 5.74) is 5.88. The lowest BCUT2D eigenvalue weighted by molar-refractivity contribution is -0.117. The van der Waals surface area contributed by atoms with Crippen molar-refractivity contribution in [3.8, 4) is 0 Å². The number of fused-ring (bicyclic) bond motifs is 1. The summed E-state index contributed by atoms with van der Waals surface area (Å²) in [6.45, 7) is 6.35. The van der Waals surface area contributed by atoms with Crippen LogP contribution in [0.5, 0.6) is 0 Å². The molecule has 0 saturated carbocycles. The summed E-state index contributed by atoms with van der Waals surface area (Å²) >= 11 is 1.23. The van der Waals surface area contributed by atoms with Crippen molar-refractivity contribution in [2.45, 2.75) is 37.7 Å². The van der Waals surface area contributed by atoms with Crippen molar-refractivity contribution >= 4 is 28.6 Å². The first-order valence-electron chi connectivity index (χ1n) is 6.85. The van der Waals surface area contributed by atoms with Crippen LogP contribution < -0.4 is 11.3 Å². The van der Waals surface area contributed by atoms with E-state index in [9.17, 15) is 9.59 Å². The quantitative estimate of drug-likeness (QED) is 0.677. The zero-order chi connectivity index (χ0) is 15.6. The van der Waals surface area contributed by atoms with Crippen LogP contribution in [-0.4, -0.2) is 20.7 Å². The standard InChI is InChI=1S/C15H19N3O2S/c1-9(2)8-18-14(20)11-6-4-5-7-12(11)17-15(18)21-10(3)13(16)19/h4-7,9-10H,8H2,1-3H3,(H2,16,19)/t10-/m1/s1. The van der Waals surface area contributed by atoms with Gasteiger partial charge in [-0.3, -0.25) is 14.2 Å². The Morgan fingerprint density at radius 3 is 2.62 bits per heavy atom. The lowest BCUT2D eigenvalue weighted by atomic mass is 10.2. The van der Waals surface area contributed by atoms with Crippen LogP contribution in [0.15, 0.2) is 34.2 Å². The highest BCUT2D eigenvalue weighted by molar-refractivity contribution is 8.00. The number of rotatable bonds is 5. The van der Waals surface area contributed by atoms with Gasteiger partial charge in [-0.05, 0) is 25.0 Å². The Morgan fingerprint density at radius 2 is 2.00 bits per heavy atom. The number of thioether (sulfide) groups is 1. The topological polar surface area (TPSA) is 78.0 Å². The highest BCUT2D eigenvalue weighted by Gasteiger charge is 2.17. The third-order valence-corrected chi connectivity index (χ3v) is 4.17. The number of carbonyl (C=O) groups is 1. The number of nitrogens with two attached hydrogens (primary N) is 1. The number of hydrogen-bond acceptors (Lipinski definition) is 4. The van der Waals surface area contributed by atoms with Gasteiger partial charge in [-0.1, -0.05) is 37.7 Å². The van der Waals surface area contributed by atoms with Gasteiger partial charge in [0.15, 0.2) is 5.16 Å². The van der Waals surface area contributed by atoms with Crippen LogP contribution in [-0.2, 0) is 11.3 Å². The molecule has 1 atom stereocenters. The molecule has 0 radical (unpaired) electrons. The van der Waals surface area contributed by atoms with Crippen molar-refractivity contribution in [2.24, 2.45) is 11.7 Å². The predicted molar refractivity (Wildman–Crippen MR) is 85.4 cm³/mol. The number of carbonyl (C=O) groups excluding carboxylic acids is 1. The third-order valence-electron chi connectivity index (χ3n) is 3.06. The van der Waals surface area contributed by atoms with Crippen LogP contribution in [0.4, 0.5) is 0 Å². The molecule has 0 saturated heterocycles. The van der Waals surface area contributed by atoms with Crippen molar-refractivity contribution in [1.29, 1.82) is 0 Å². The predicted octanol–water partition coefficient (Wildman–Crippen LogP) is 2.02. The van der Waals surface area contributed by atoms with Crippen LogP contribution in [0.2, 0.25) is 0 Å². The van der Waals surface area contributed by atoms with E-state index >= 15 is 0 Å². The molecule has 1 aromatic heterocycles. The second-order valence-electron chi connectivity index (χ2n) is 5.38. The van der Waals surface area contributed by atoms with Gasteiger partial charge in [-0.2, -0.15) is 0 Å². The van der Waals surface area contributed by atoms with Gasteiger partial charge in [0.05, 0.1) is 16.2 Å². The highest BCUT2D eigenvalue weighted by Crippen LogP contribution is 2.22. The fourth-order valence-electron chi connectivity index (χ4n) is 1.98. The molecule has 0 bridgehead atoms. The monoisotopic (exact) mass is 305 g/mol. The summed E-state index contributed by atoms with van der Waals surface area (Å²) in [5, 5.41) is 0.699. The second kappa shape index (κ2) is 6.30. The molecular formula is C15H19N3O2S. The van der Waals surface area contributed by atoms with Crippen molar-refractivity contribution in [1.82, 2.24) is 9.55 Å². The molecule has 0 spiro atoms. The molecule has 6 heteroatoms. The maximum Gasteiger partial charge on any atom is 0.262 e. The Kier molecular flexibility index (Phi) is 4.67. The highest BCUT2D eigenvalue weighted by atomic mass is 32.2. The Morgan fingerprint density at radius 1 is 1.33 bits per heavy atom. The number of aromatic nitrogens is 2. The van der Waals surface area contributed by atoms with E-state index in [0.29, 0.717) is 28.5 Å². The maximum absolute atomic E-state index is 12.6. The fourth-order valence-corrected chi connectivity index (χ4v) is 2.85. The van der Waals surface area contributed by atoms with Crippen LogP contribution in [0, 0.1) is 5.92 Å². The van der Waals surface area contributed by atoms with E-state index in [0.717, 1.165) is 0 Å². The maximum atomic E-state index is 12.6. The molecule has 0 aliphatic rings. The van der Waals surface area contributed by atoms with Gasteiger partial charge in [0.1, 0.15) is 0 Å². The normalized spacial score (nSPS) is 12.8. The first-order valence-corrected chi connectivity index (χ1v) is 7.73. The molecule has 1 heterocycles. The molecule has 0 aliphatic carbocycles. The number of para-hydroxylation sites is 1. The van der Waals surface area contributed by atoms with Crippen molar-refractivity contribution in [3.63, 3.8) is 0 Å². The summed E-state index contributed by atoms with van der Waals surface area (Å²) in [6, 6.07) is 7.24. The van der Waals surface area contributed by atoms with Crippen LogP contribution in [0.25, 0.3) is 10.9 Å². The summed E-state index contributed by atoms with van der Waals surface area (Å²) in [5.74, 6) is -0.118. The molecule has 21 heavy (non-hydrogen) atoms. The van der Waals surface area contributed by atoms with Gasteiger partial charge < -0.3 is 5.73 Å². The van der Waals surface area contributed by atoms with Gasteiger partial charge in [-0.25, -0.2) is 4.98 Å². The summed E-state index contributed by atoms with van der Waals surface area (Å²) in [4.78, 5) is 28.4. The van der Waals surface area contributed by atoms with E-state index in [2.05, 4.69) is 4.98 Å². The lowest BCUT2D eigenvalue weighted by Crippen LogP contribution is -2.28. The minimum absolute atomic E-state index is 0.0755. The molecule has 1 aromatic carbocycles. The molecule has 2 aromatic rings. The average Bonchev–Trinajstić information content (AvgIpc) is 2.42. The summed E-state index contributed by atoms with van der Waals surface area (Å²) in [7, 11) is 0. The van der Waals surface area contributed by atoms with E-state index in [1.165, 1.54) is 11.8 Å². The van der Waals surface area contributed by atoms with Gasteiger partial charge in [0, 0.05) is 6.54 Å². The molecule has 0 aliphatic heterocycles. The number of primary amides is 1. The molecule has 0 unspecified atom stereocenters. The zero-order valence-electron chi connectivity index (χ0n) is 12.4. The second-order valence-corrected chi connectivity index (χ2v) is 6.69. The minimum atomic E-state index is -0.434. The molecule has 2 rings (SSSR count). The molecule has 0 fully saturated rings. The third kappa shape index (κ3) is 3.44. The SMILES string of the molecule is CC(C)Cn1c(S[C@H](C)C(N)=O)nc2ccccc2c1=O. The smallest absolute Gasteiger partial charge is 0.262 e. The Hall–Kier alpha value is -1.82. The molecule has 1 amide bonds. The van der Waals surface area contributed by atoms with Crippen LogP contribution in [0.1, 0.15) is 20.8 Å². The van der Waals surface area contributed by atoms with Gasteiger partial charge in [0.2, 0.25) is 5.91 Å². The van der Waals surface area contributed by atoms with Crippen LogP contribution in [0.3, 0.4) is 0 Å². The molecule has 112 valence electrons. The zero-order valence-corrected chi connectivity index (χ0v) is 13.2. The van der Waals surface area contributed by atoms with E-state index in [4.69, 9.17) is 5.73 Å². The van der Waals surface area contributed by atoms with E-state index < -0.39 is 11.2 Å². The van der Waals surface area contributed by atoms with Gasteiger partial charge in [0.25, 0.3) is 5.56 Å². The van der Waals surface area contributed by atoms with Crippen molar-refractivity contribution in [3.05, 3.63) is 34.6 Å². The van der Waals surface area contributed by atoms with Crippen molar-refractivity contribution < 1.29 is 4.79 Å². The molecule has 5 nitrogen and oxygen atoms in total. The van der Waals surface area contributed by atoms with E-state index in [1.807, 2.05) is 26.0 Å². The van der Waals surface area contributed by atoms with E-state index in [-0.39, 0.29) is 5.56 Å². The number of nitrogens with zero attached hydrogens (tertiary/aromatic N) is 2. The summed E-state index contributed by atoms with van der Waals surface area (Å²) < 4.78 is 1.64. The van der Waals surface area contributed by atoms with Gasteiger partial charge >= 0.3 is 0 Å². The van der Waals surface area contributed by atoms with E-state index in [1.54, 1.807) is 23.6 Å². The molecular weight excluding hydrogens is 286 g/mol. The Labute approximate surface area is 127 Å². The average molecular weight is 305 g/mol. The first-order chi connectivity index (χ1) is 9.90. The Balaban J connectivity index is 2.60. The lowest BCUT2D eigenvalue weighted by Gasteiger charge is -2.16. The summed E-state index contributed by atoms with van der Waals surface area (Å²) in [6.07, 6.45) is 0. The first kappa shape index (κ1) is 15.6. The number of benzene rings is 1. The number of amides is 1. The minimum Gasteiger partial charge on any atom is -0.369 e. The Bertz CT molecular complexity index is 724. The number of hydrogen-bond donors (Lipinski definition) is 1. The fraction of sp³-hybridized carbons (Fsp3) is 0.400. The van der Waals surface area contributed by atoms with Gasteiger partial charge in [-0.15, -0.1) is 0 Å².